The topological polar surface area (TPSA) is 68.0 Å². The van der Waals surface area contributed by atoms with E-state index in [2.05, 4.69) is 10.1 Å². The molecular formula is C10H7ClFN3O2. The Morgan fingerprint density at radius 2 is 2.24 bits per heavy atom. The molecule has 0 atom stereocenters. The third-order valence-corrected chi connectivity index (χ3v) is 2.41. The first-order valence-corrected chi connectivity index (χ1v) is 5.00. The zero-order valence-corrected chi connectivity index (χ0v) is 9.44. The van der Waals surface area contributed by atoms with E-state index >= 15 is 0 Å². The summed E-state index contributed by atoms with van der Waals surface area (Å²) in [6, 6.07) is 4.38. The molecule has 0 aliphatic heterocycles. The average Bonchev–Trinajstić information content (AvgIpc) is 2.65. The van der Waals surface area contributed by atoms with Gasteiger partial charge < -0.3 is 5.11 Å². The summed E-state index contributed by atoms with van der Waals surface area (Å²) in [5, 5.41) is 12.4. The van der Waals surface area contributed by atoms with Crippen LogP contribution in [-0.2, 0) is 0 Å². The average molecular weight is 256 g/mol. The zero-order chi connectivity index (χ0) is 12.6. The maximum Gasteiger partial charge on any atom is 0.375 e. The van der Waals surface area contributed by atoms with Crippen molar-refractivity contribution in [3.63, 3.8) is 0 Å². The van der Waals surface area contributed by atoms with Crippen molar-refractivity contribution in [1.29, 1.82) is 0 Å². The summed E-state index contributed by atoms with van der Waals surface area (Å²) in [7, 11) is 0. The molecule has 17 heavy (non-hydrogen) atoms. The van der Waals surface area contributed by atoms with E-state index in [1.54, 1.807) is 6.07 Å². The highest BCUT2D eigenvalue weighted by atomic mass is 35.5. The molecule has 2 rings (SSSR count). The maximum absolute atomic E-state index is 13.7. The zero-order valence-electron chi connectivity index (χ0n) is 8.69. The Morgan fingerprint density at radius 1 is 1.53 bits per heavy atom. The van der Waals surface area contributed by atoms with Crippen molar-refractivity contribution in [1.82, 2.24) is 14.8 Å². The molecule has 1 aromatic heterocycles. The van der Waals surface area contributed by atoms with Crippen LogP contribution < -0.4 is 0 Å². The van der Waals surface area contributed by atoms with Gasteiger partial charge in [-0.2, -0.15) is 0 Å². The maximum atomic E-state index is 13.7. The molecule has 0 radical (unpaired) electrons. The number of benzene rings is 1. The summed E-state index contributed by atoms with van der Waals surface area (Å²) in [5.74, 6) is -2.06. The van der Waals surface area contributed by atoms with Crippen LogP contribution in [0.5, 0.6) is 0 Å². The van der Waals surface area contributed by atoms with Crippen LogP contribution in [0.15, 0.2) is 18.2 Å². The number of carboxylic acid groups (broad SMARTS) is 1. The van der Waals surface area contributed by atoms with Gasteiger partial charge in [-0.1, -0.05) is 17.7 Å². The predicted octanol–water partition coefficient (Wildman–Crippen LogP) is 2.07. The molecule has 0 saturated heterocycles. The highest BCUT2D eigenvalue weighted by Crippen LogP contribution is 2.21. The van der Waals surface area contributed by atoms with Crippen molar-refractivity contribution in [2.75, 3.05) is 0 Å². The van der Waals surface area contributed by atoms with E-state index in [4.69, 9.17) is 16.7 Å². The second kappa shape index (κ2) is 4.14. The van der Waals surface area contributed by atoms with E-state index in [1.807, 2.05) is 0 Å². The highest BCUT2D eigenvalue weighted by Gasteiger charge is 2.16. The van der Waals surface area contributed by atoms with E-state index in [9.17, 15) is 9.18 Å². The largest absolute Gasteiger partial charge is 0.475 e. The minimum Gasteiger partial charge on any atom is -0.475 e. The van der Waals surface area contributed by atoms with Gasteiger partial charge in [0.1, 0.15) is 11.5 Å². The Balaban J connectivity index is 2.60. The molecule has 88 valence electrons. The lowest BCUT2D eigenvalue weighted by Gasteiger charge is -2.04. The van der Waals surface area contributed by atoms with Crippen LogP contribution in [0.4, 0.5) is 4.39 Å². The Hall–Kier alpha value is -1.95. The monoisotopic (exact) mass is 255 g/mol. The normalized spacial score (nSPS) is 10.5. The van der Waals surface area contributed by atoms with Crippen molar-refractivity contribution < 1.29 is 14.3 Å². The van der Waals surface area contributed by atoms with Gasteiger partial charge in [0.15, 0.2) is 5.82 Å². The van der Waals surface area contributed by atoms with Crippen LogP contribution in [0.1, 0.15) is 16.4 Å². The first kappa shape index (κ1) is 11.5. The Bertz CT molecular complexity index is 597. The van der Waals surface area contributed by atoms with E-state index in [0.29, 0.717) is 0 Å². The van der Waals surface area contributed by atoms with Gasteiger partial charge in [0, 0.05) is 0 Å². The summed E-state index contributed by atoms with van der Waals surface area (Å²) >= 11 is 5.63. The third kappa shape index (κ3) is 1.99. The fourth-order valence-electron chi connectivity index (χ4n) is 1.36. The Labute approximate surface area is 100 Å². The van der Waals surface area contributed by atoms with Crippen molar-refractivity contribution >= 4 is 17.6 Å². The fraction of sp³-hybridized carbons (Fsp3) is 0.100. The van der Waals surface area contributed by atoms with E-state index in [-0.39, 0.29) is 22.4 Å². The second-order valence-electron chi connectivity index (χ2n) is 3.27. The molecular weight excluding hydrogens is 249 g/mol. The summed E-state index contributed by atoms with van der Waals surface area (Å²) in [6.07, 6.45) is 0. The molecule has 1 N–H and O–H groups in total. The lowest BCUT2D eigenvalue weighted by atomic mass is 10.3. The van der Waals surface area contributed by atoms with Crippen LogP contribution >= 0.6 is 11.6 Å². The smallest absolute Gasteiger partial charge is 0.375 e. The molecule has 5 nitrogen and oxygen atoms in total. The SMILES string of the molecule is Cc1nc(C(=O)O)nn1-c1cccc(Cl)c1F. The summed E-state index contributed by atoms with van der Waals surface area (Å²) in [4.78, 5) is 14.4. The molecule has 0 fully saturated rings. The number of hydrogen-bond donors (Lipinski definition) is 1. The quantitative estimate of drug-likeness (QED) is 0.892. The van der Waals surface area contributed by atoms with Crippen LogP contribution in [0, 0.1) is 12.7 Å². The van der Waals surface area contributed by atoms with Crippen LogP contribution in [0.3, 0.4) is 0 Å². The number of rotatable bonds is 2. The molecule has 0 aliphatic rings. The number of aromatic nitrogens is 3. The lowest BCUT2D eigenvalue weighted by Crippen LogP contribution is -2.04. The molecule has 0 bridgehead atoms. The van der Waals surface area contributed by atoms with Gasteiger partial charge in [0.25, 0.3) is 5.82 Å². The molecule has 2 aromatic rings. The molecule has 1 heterocycles. The number of carbonyl (C=O) groups is 1. The molecule has 7 heteroatoms. The van der Waals surface area contributed by atoms with Gasteiger partial charge in [0.2, 0.25) is 0 Å². The first-order valence-electron chi connectivity index (χ1n) is 4.62. The fourth-order valence-corrected chi connectivity index (χ4v) is 1.53. The van der Waals surface area contributed by atoms with E-state index in [1.165, 1.54) is 19.1 Å². The van der Waals surface area contributed by atoms with Crippen LogP contribution in [-0.4, -0.2) is 25.8 Å². The molecule has 0 saturated carbocycles. The Kier molecular flexibility index (Phi) is 2.81. The number of carboxylic acids is 1. The van der Waals surface area contributed by atoms with Gasteiger partial charge in [-0.05, 0) is 19.1 Å². The van der Waals surface area contributed by atoms with Crippen molar-refractivity contribution in [2.24, 2.45) is 0 Å². The van der Waals surface area contributed by atoms with Crippen LogP contribution in [0.2, 0.25) is 5.02 Å². The summed E-state index contributed by atoms with van der Waals surface area (Å²) in [6.45, 7) is 1.53. The standard InChI is InChI=1S/C10H7ClFN3O2/c1-5-13-9(10(16)17)14-15(5)7-4-2-3-6(11)8(7)12/h2-4H,1H3,(H,16,17). The number of aryl methyl sites for hydroxylation is 1. The van der Waals surface area contributed by atoms with Gasteiger partial charge in [-0.25, -0.2) is 18.9 Å². The van der Waals surface area contributed by atoms with E-state index in [0.717, 1.165) is 4.68 Å². The molecule has 0 spiro atoms. The minimum absolute atomic E-state index is 0.0609. The lowest BCUT2D eigenvalue weighted by molar-refractivity contribution is 0.0683. The van der Waals surface area contributed by atoms with Crippen molar-refractivity contribution in [3.05, 3.63) is 40.7 Å². The van der Waals surface area contributed by atoms with Gasteiger partial charge >= 0.3 is 5.97 Å². The highest BCUT2D eigenvalue weighted by molar-refractivity contribution is 6.30. The number of halogens is 2. The molecule has 1 aromatic carbocycles. The molecule has 0 amide bonds. The van der Waals surface area contributed by atoms with Crippen molar-refractivity contribution in [3.8, 4) is 5.69 Å². The number of aromatic carboxylic acids is 1. The van der Waals surface area contributed by atoms with Gasteiger partial charge in [-0.3, -0.25) is 0 Å². The summed E-state index contributed by atoms with van der Waals surface area (Å²) in [5.41, 5.74) is 0.0648. The minimum atomic E-state index is -1.27. The van der Waals surface area contributed by atoms with Crippen LogP contribution in [0.25, 0.3) is 5.69 Å². The predicted molar refractivity (Wildman–Crippen MR) is 58.0 cm³/mol. The summed E-state index contributed by atoms with van der Waals surface area (Å²) < 4.78 is 14.8. The van der Waals surface area contributed by atoms with Gasteiger partial charge in [0.05, 0.1) is 5.02 Å². The first-order chi connectivity index (χ1) is 8.00. The third-order valence-electron chi connectivity index (χ3n) is 2.12. The molecule has 0 aliphatic carbocycles. The number of nitrogens with zero attached hydrogens (tertiary/aromatic N) is 3. The van der Waals surface area contributed by atoms with E-state index < -0.39 is 11.8 Å². The van der Waals surface area contributed by atoms with Gasteiger partial charge in [-0.15, -0.1) is 5.10 Å². The second-order valence-corrected chi connectivity index (χ2v) is 3.68. The van der Waals surface area contributed by atoms with Crippen molar-refractivity contribution in [2.45, 2.75) is 6.92 Å². The Morgan fingerprint density at radius 3 is 2.82 bits per heavy atom. The number of hydrogen-bond acceptors (Lipinski definition) is 3. The molecule has 0 unspecified atom stereocenters.